The Balaban J connectivity index is 0.00000169. The highest BCUT2D eigenvalue weighted by molar-refractivity contribution is 5.85. The molecule has 14 heavy (non-hydrogen) atoms. The first kappa shape index (κ1) is 13.5. The van der Waals surface area contributed by atoms with Crippen molar-refractivity contribution in [3.63, 3.8) is 0 Å². The van der Waals surface area contributed by atoms with Gasteiger partial charge < -0.3 is 5.73 Å². The summed E-state index contributed by atoms with van der Waals surface area (Å²) < 4.78 is 0. The second kappa shape index (κ2) is 5.38. The fraction of sp³-hybridized carbons (Fsp3) is 0.500. The van der Waals surface area contributed by atoms with Gasteiger partial charge in [0.25, 0.3) is 0 Å². The molecule has 80 valence electrons. The Hall–Kier alpha value is -0.530. The molecular formula is C12H20ClN. The van der Waals surface area contributed by atoms with Crippen LogP contribution in [0.1, 0.15) is 32.8 Å². The van der Waals surface area contributed by atoms with Gasteiger partial charge in [0.1, 0.15) is 0 Å². The van der Waals surface area contributed by atoms with Crippen molar-refractivity contribution in [2.75, 3.05) is 0 Å². The third-order valence-corrected chi connectivity index (χ3v) is 2.39. The van der Waals surface area contributed by atoms with E-state index in [1.54, 1.807) is 0 Å². The van der Waals surface area contributed by atoms with Crippen molar-refractivity contribution >= 4 is 12.4 Å². The Morgan fingerprint density at radius 1 is 1.21 bits per heavy atom. The van der Waals surface area contributed by atoms with Crippen LogP contribution in [0.25, 0.3) is 0 Å². The van der Waals surface area contributed by atoms with Gasteiger partial charge in [0.15, 0.2) is 0 Å². The molecule has 0 radical (unpaired) electrons. The second-order valence-electron chi connectivity index (χ2n) is 4.43. The van der Waals surface area contributed by atoms with Crippen LogP contribution in [0.4, 0.5) is 0 Å². The summed E-state index contributed by atoms with van der Waals surface area (Å²) in [5.74, 6) is 0. The van der Waals surface area contributed by atoms with E-state index in [0.717, 1.165) is 6.42 Å². The van der Waals surface area contributed by atoms with E-state index in [2.05, 4.69) is 45.0 Å². The van der Waals surface area contributed by atoms with Crippen LogP contribution in [0, 0.1) is 0 Å². The molecule has 0 aliphatic carbocycles. The third kappa shape index (κ3) is 3.69. The lowest BCUT2D eigenvalue weighted by molar-refractivity contribution is 0.437. The Kier molecular flexibility index (Phi) is 5.17. The number of hydrogen-bond donors (Lipinski definition) is 1. The summed E-state index contributed by atoms with van der Waals surface area (Å²) in [6, 6.07) is 10.8. The maximum Gasteiger partial charge on any atom is 0.00187 e. The zero-order valence-corrected chi connectivity index (χ0v) is 9.97. The lowest BCUT2D eigenvalue weighted by atomic mass is 9.79. The van der Waals surface area contributed by atoms with Crippen LogP contribution >= 0.6 is 12.4 Å². The van der Waals surface area contributed by atoms with Crippen molar-refractivity contribution in [2.24, 2.45) is 5.73 Å². The third-order valence-electron chi connectivity index (χ3n) is 2.39. The molecule has 0 spiro atoms. The van der Waals surface area contributed by atoms with Crippen molar-refractivity contribution in [2.45, 2.75) is 38.6 Å². The summed E-state index contributed by atoms with van der Waals surface area (Å²) in [6.45, 7) is 6.54. The van der Waals surface area contributed by atoms with Crippen molar-refractivity contribution < 1.29 is 0 Å². The highest BCUT2D eigenvalue weighted by atomic mass is 35.5. The second-order valence-corrected chi connectivity index (χ2v) is 4.43. The van der Waals surface area contributed by atoms with Gasteiger partial charge in [-0.25, -0.2) is 0 Å². The van der Waals surface area contributed by atoms with E-state index >= 15 is 0 Å². The van der Waals surface area contributed by atoms with Crippen LogP contribution in [0.3, 0.4) is 0 Å². The minimum Gasteiger partial charge on any atom is -0.328 e. The molecule has 0 aliphatic heterocycles. The molecule has 1 atom stereocenters. The Labute approximate surface area is 93.1 Å². The maximum absolute atomic E-state index is 5.82. The van der Waals surface area contributed by atoms with Crippen LogP contribution in [-0.4, -0.2) is 6.04 Å². The number of nitrogens with two attached hydrogens (primary N) is 1. The average molecular weight is 214 g/mol. The molecule has 2 N–H and O–H groups in total. The standard InChI is InChI=1S/C12H19N.ClH/c1-10(13)9-12(2,3)11-7-5-4-6-8-11;/h4-8,10H,9,13H2,1-3H3;1H. The van der Waals surface area contributed by atoms with Gasteiger partial charge in [-0.15, -0.1) is 12.4 Å². The van der Waals surface area contributed by atoms with E-state index in [-0.39, 0.29) is 23.9 Å². The molecule has 2 heteroatoms. The van der Waals surface area contributed by atoms with Gasteiger partial charge in [0, 0.05) is 6.04 Å². The topological polar surface area (TPSA) is 26.0 Å². The normalized spacial score (nSPS) is 13.1. The SMILES string of the molecule is CC(N)CC(C)(C)c1ccccc1.Cl. The molecule has 0 aliphatic rings. The van der Waals surface area contributed by atoms with Crippen molar-refractivity contribution in [1.29, 1.82) is 0 Å². The lowest BCUT2D eigenvalue weighted by Gasteiger charge is -2.27. The minimum atomic E-state index is 0. The average Bonchev–Trinajstić information content (AvgIpc) is 2.04. The van der Waals surface area contributed by atoms with Gasteiger partial charge in [0.05, 0.1) is 0 Å². The van der Waals surface area contributed by atoms with E-state index in [1.807, 2.05) is 6.07 Å². The summed E-state index contributed by atoms with van der Waals surface area (Å²) in [5.41, 5.74) is 7.37. The van der Waals surface area contributed by atoms with Gasteiger partial charge >= 0.3 is 0 Å². The highest BCUT2D eigenvalue weighted by Crippen LogP contribution is 2.27. The molecule has 1 nitrogen and oxygen atoms in total. The monoisotopic (exact) mass is 213 g/mol. The van der Waals surface area contributed by atoms with Gasteiger partial charge in [-0.05, 0) is 24.3 Å². The summed E-state index contributed by atoms with van der Waals surface area (Å²) >= 11 is 0. The fourth-order valence-corrected chi connectivity index (χ4v) is 1.81. The lowest BCUT2D eigenvalue weighted by Crippen LogP contribution is -2.28. The molecule has 0 heterocycles. The van der Waals surface area contributed by atoms with Crippen LogP contribution < -0.4 is 5.73 Å². The zero-order chi connectivity index (χ0) is 9.90. The number of hydrogen-bond acceptors (Lipinski definition) is 1. The largest absolute Gasteiger partial charge is 0.328 e. The van der Waals surface area contributed by atoms with E-state index in [0.29, 0.717) is 0 Å². The number of rotatable bonds is 3. The van der Waals surface area contributed by atoms with Gasteiger partial charge in [-0.2, -0.15) is 0 Å². The molecule has 0 fully saturated rings. The molecule has 1 unspecified atom stereocenters. The Morgan fingerprint density at radius 2 is 1.71 bits per heavy atom. The van der Waals surface area contributed by atoms with Crippen LogP contribution in [-0.2, 0) is 5.41 Å². The van der Waals surface area contributed by atoms with Gasteiger partial charge in [0.2, 0.25) is 0 Å². The summed E-state index contributed by atoms with van der Waals surface area (Å²) in [6.07, 6.45) is 1.02. The van der Waals surface area contributed by atoms with Crippen LogP contribution in [0.15, 0.2) is 30.3 Å². The predicted octanol–water partition coefficient (Wildman–Crippen LogP) is 3.12. The van der Waals surface area contributed by atoms with E-state index < -0.39 is 0 Å². The van der Waals surface area contributed by atoms with Gasteiger partial charge in [-0.1, -0.05) is 44.2 Å². The maximum atomic E-state index is 5.82. The molecule has 0 bridgehead atoms. The molecule has 0 amide bonds. The molecule has 0 aromatic heterocycles. The highest BCUT2D eigenvalue weighted by Gasteiger charge is 2.21. The van der Waals surface area contributed by atoms with E-state index in [1.165, 1.54) is 5.56 Å². The molecule has 0 saturated heterocycles. The zero-order valence-electron chi connectivity index (χ0n) is 9.16. The molecule has 0 saturated carbocycles. The predicted molar refractivity (Wildman–Crippen MR) is 65.0 cm³/mol. The van der Waals surface area contributed by atoms with Gasteiger partial charge in [-0.3, -0.25) is 0 Å². The molecule has 1 rings (SSSR count). The quantitative estimate of drug-likeness (QED) is 0.821. The smallest absolute Gasteiger partial charge is 0.00187 e. The first-order chi connectivity index (χ1) is 6.02. The van der Waals surface area contributed by atoms with E-state index in [9.17, 15) is 0 Å². The first-order valence-electron chi connectivity index (χ1n) is 4.83. The molecule has 1 aromatic carbocycles. The summed E-state index contributed by atoms with van der Waals surface area (Å²) in [5, 5.41) is 0. The van der Waals surface area contributed by atoms with Crippen molar-refractivity contribution in [3.05, 3.63) is 35.9 Å². The van der Waals surface area contributed by atoms with Crippen molar-refractivity contribution in [3.8, 4) is 0 Å². The molecular weight excluding hydrogens is 194 g/mol. The fourth-order valence-electron chi connectivity index (χ4n) is 1.81. The van der Waals surface area contributed by atoms with Crippen molar-refractivity contribution in [1.82, 2.24) is 0 Å². The van der Waals surface area contributed by atoms with Crippen LogP contribution in [0.2, 0.25) is 0 Å². The summed E-state index contributed by atoms with van der Waals surface area (Å²) in [7, 11) is 0. The Bertz CT molecular complexity index is 254. The summed E-state index contributed by atoms with van der Waals surface area (Å²) in [4.78, 5) is 0. The number of halogens is 1. The Morgan fingerprint density at radius 3 is 2.14 bits per heavy atom. The minimum absolute atomic E-state index is 0. The van der Waals surface area contributed by atoms with E-state index in [4.69, 9.17) is 5.73 Å². The first-order valence-corrected chi connectivity index (χ1v) is 4.83. The molecule has 1 aromatic rings. The van der Waals surface area contributed by atoms with Crippen LogP contribution in [0.5, 0.6) is 0 Å². The number of benzene rings is 1.